The van der Waals surface area contributed by atoms with E-state index in [0.29, 0.717) is 0 Å². The van der Waals surface area contributed by atoms with Crippen molar-refractivity contribution < 1.29 is 0 Å². The molecule has 2 nitrogen and oxygen atoms in total. The van der Waals surface area contributed by atoms with Crippen LogP contribution in [-0.2, 0) is 0 Å². The van der Waals surface area contributed by atoms with Crippen LogP contribution < -0.4 is 11.5 Å². The van der Waals surface area contributed by atoms with Gasteiger partial charge in [0.25, 0.3) is 0 Å². The van der Waals surface area contributed by atoms with Gasteiger partial charge >= 0.3 is 0 Å². The predicted octanol–water partition coefficient (Wildman–Crippen LogP) is 3.08. The summed E-state index contributed by atoms with van der Waals surface area (Å²) in [6.07, 6.45) is 0. The predicted molar refractivity (Wildman–Crippen MR) is 64.9 cm³/mol. The molecular weight excluding hydrogens is 240 g/mol. The number of hydrogen-bond acceptors (Lipinski definition) is 2. The zero-order valence-corrected chi connectivity index (χ0v) is 10.4. The zero-order chi connectivity index (χ0) is 10.9. The van der Waals surface area contributed by atoms with Crippen LogP contribution in [0.4, 0.5) is 5.69 Å². The first-order valence-electron chi connectivity index (χ1n) is 4.63. The van der Waals surface area contributed by atoms with Gasteiger partial charge in [-0.15, -0.1) is 0 Å². The summed E-state index contributed by atoms with van der Waals surface area (Å²) in [5, 5.41) is 0. The van der Waals surface area contributed by atoms with E-state index in [2.05, 4.69) is 36.7 Å². The van der Waals surface area contributed by atoms with Crippen molar-refractivity contribution in [2.75, 3.05) is 5.73 Å². The Hall–Kier alpha value is -0.540. The average Bonchev–Trinajstić information content (AvgIpc) is 2.07. The van der Waals surface area contributed by atoms with Crippen molar-refractivity contribution in [2.24, 2.45) is 11.1 Å². The number of nitrogen functional groups attached to an aromatic ring is 1. The molecule has 0 heterocycles. The molecule has 14 heavy (non-hydrogen) atoms. The van der Waals surface area contributed by atoms with Crippen LogP contribution in [0.3, 0.4) is 0 Å². The van der Waals surface area contributed by atoms with Crippen molar-refractivity contribution in [1.29, 1.82) is 0 Å². The summed E-state index contributed by atoms with van der Waals surface area (Å²) in [6.45, 7) is 6.36. The summed E-state index contributed by atoms with van der Waals surface area (Å²) in [5.74, 6) is 0. The number of nitrogens with two attached hydrogens (primary N) is 2. The molecule has 0 radical (unpaired) electrons. The Morgan fingerprint density at radius 2 is 1.86 bits per heavy atom. The van der Waals surface area contributed by atoms with Gasteiger partial charge in [-0.2, -0.15) is 0 Å². The summed E-state index contributed by atoms with van der Waals surface area (Å²) in [7, 11) is 0. The Morgan fingerprint density at radius 3 is 2.29 bits per heavy atom. The first-order valence-corrected chi connectivity index (χ1v) is 5.42. The van der Waals surface area contributed by atoms with E-state index in [0.717, 1.165) is 15.7 Å². The van der Waals surface area contributed by atoms with E-state index >= 15 is 0 Å². The van der Waals surface area contributed by atoms with E-state index in [9.17, 15) is 0 Å². The van der Waals surface area contributed by atoms with Gasteiger partial charge in [-0.05, 0) is 39.0 Å². The lowest BCUT2D eigenvalue weighted by Crippen LogP contribution is -2.26. The van der Waals surface area contributed by atoms with Gasteiger partial charge in [0.15, 0.2) is 0 Å². The normalized spacial score (nSPS) is 14.1. The Labute approximate surface area is 93.8 Å². The Bertz CT molecular complexity index is 329. The monoisotopic (exact) mass is 256 g/mol. The van der Waals surface area contributed by atoms with Crippen LogP contribution in [0.2, 0.25) is 0 Å². The SMILES string of the molecule is CC(C)(C)[C@H](N)c1ccc(Br)c(N)c1. The number of anilines is 1. The highest BCUT2D eigenvalue weighted by Crippen LogP contribution is 2.32. The Kier molecular flexibility index (Phi) is 3.22. The highest BCUT2D eigenvalue weighted by molar-refractivity contribution is 9.10. The Morgan fingerprint density at radius 1 is 1.29 bits per heavy atom. The third kappa shape index (κ3) is 2.49. The summed E-state index contributed by atoms with van der Waals surface area (Å²) >= 11 is 3.36. The summed E-state index contributed by atoms with van der Waals surface area (Å²) in [6, 6.07) is 5.89. The molecule has 0 aliphatic heterocycles. The van der Waals surface area contributed by atoms with E-state index in [1.54, 1.807) is 0 Å². The van der Waals surface area contributed by atoms with Gasteiger partial charge in [0.2, 0.25) is 0 Å². The van der Waals surface area contributed by atoms with Crippen LogP contribution in [0.15, 0.2) is 22.7 Å². The van der Waals surface area contributed by atoms with E-state index < -0.39 is 0 Å². The van der Waals surface area contributed by atoms with Gasteiger partial charge in [-0.3, -0.25) is 0 Å². The molecule has 78 valence electrons. The van der Waals surface area contributed by atoms with Crippen LogP contribution in [0, 0.1) is 5.41 Å². The molecule has 4 N–H and O–H groups in total. The van der Waals surface area contributed by atoms with Crippen molar-refractivity contribution in [3.8, 4) is 0 Å². The molecule has 0 aromatic heterocycles. The van der Waals surface area contributed by atoms with Crippen LogP contribution >= 0.6 is 15.9 Å². The number of benzene rings is 1. The fourth-order valence-corrected chi connectivity index (χ4v) is 1.50. The standard InChI is InChI=1S/C11H17BrN2/c1-11(2,3)10(14)7-4-5-8(12)9(13)6-7/h4-6,10H,13-14H2,1-3H3/t10-/m1/s1. The van der Waals surface area contributed by atoms with Crippen molar-refractivity contribution in [3.63, 3.8) is 0 Å². The lowest BCUT2D eigenvalue weighted by atomic mass is 9.83. The molecule has 1 aromatic rings. The molecular formula is C11H17BrN2. The third-order valence-corrected chi connectivity index (χ3v) is 3.03. The van der Waals surface area contributed by atoms with E-state index in [1.807, 2.05) is 18.2 Å². The quantitative estimate of drug-likeness (QED) is 0.759. The molecule has 1 atom stereocenters. The van der Waals surface area contributed by atoms with E-state index in [4.69, 9.17) is 11.5 Å². The number of hydrogen-bond donors (Lipinski definition) is 2. The van der Waals surface area contributed by atoms with Crippen molar-refractivity contribution in [1.82, 2.24) is 0 Å². The highest BCUT2D eigenvalue weighted by atomic mass is 79.9. The summed E-state index contributed by atoms with van der Waals surface area (Å²) in [5.41, 5.74) is 13.8. The fourth-order valence-electron chi connectivity index (χ4n) is 1.26. The minimum Gasteiger partial charge on any atom is -0.398 e. The molecule has 1 aromatic carbocycles. The van der Waals surface area contributed by atoms with Crippen LogP contribution in [-0.4, -0.2) is 0 Å². The maximum atomic E-state index is 6.12. The zero-order valence-electron chi connectivity index (χ0n) is 8.84. The second-order valence-electron chi connectivity index (χ2n) is 4.62. The van der Waals surface area contributed by atoms with Gasteiger partial charge in [0, 0.05) is 16.2 Å². The van der Waals surface area contributed by atoms with Crippen molar-refractivity contribution >= 4 is 21.6 Å². The van der Waals surface area contributed by atoms with Crippen LogP contribution in [0.5, 0.6) is 0 Å². The van der Waals surface area contributed by atoms with E-state index in [1.165, 1.54) is 0 Å². The molecule has 0 unspecified atom stereocenters. The first-order chi connectivity index (χ1) is 6.32. The molecule has 0 fully saturated rings. The molecule has 0 saturated heterocycles. The maximum Gasteiger partial charge on any atom is 0.0461 e. The van der Waals surface area contributed by atoms with Gasteiger partial charge in [-0.25, -0.2) is 0 Å². The van der Waals surface area contributed by atoms with Crippen molar-refractivity contribution in [2.45, 2.75) is 26.8 Å². The van der Waals surface area contributed by atoms with Crippen LogP contribution in [0.25, 0.3) is 0 Å². The lowest BCUT2D eigenvalue weighted by molar-refractivity contribution is 0.327. The maximum absolute atomic E-state index is 6.12. The molecule has 0 aliphatic rings. The third-order valence-electron chi connectivity index (χ3n) is 2.31. The molecule has 1 rings (SSSR count). The van der Waals surface area contributed by atoms with Gasteiger partial charge < -0.3 is 11.5 Å². The van der Waals surface area contributed by atoms with Crippen molar-refractivity contribution in [3.05, 3.63) is 28.2 Å². The topological polar surface area (TPSA) is 52.0 Å². The average molecular weight is 257 g/mol. The molecule has 0 aliphatic carbocycles. The lowest BCUT2D eigenvalue weighted by Gasteiger charge is -2.27. The van der Waals surface area contributed by atoms with Gasteiger partial charge in [0.1, 0.15) is 0 Å². The smallest absolute Gasteiger partial charge is 0.0461 e. The van der Waals surface area contributed by atoms with Gasteiger partial charge in [-0.1, -0.05) is 26.8 Å². The second-order valence-corrected chi connectivity index (χ2v) is 5.48. The second kappa shape index (κ2) is 3.91. The summed E-state index contributed by atoms with van der Waals surface area (Å²) in [4.78, 5) is 0. The Balaban J connectivity index is 3.03. The highest BCUT2D eigenvalue weighted by Gasteiger charge is 2.22. The summed E-state index contributed by atoms with van der Waals surface area (Å²) < 4.78 is 0.919. The van der Waals surface area contributed by atoms with Gasteiger partial charge in [0.05, 0.1) is 0 Å². The minimum atomic E-state index is 0.0119. The largest absolute Gasteiger partial charge is 0.398 e. The number of halogens is 1. The first kappa shape index (κ1) is 11.5. The molecule has 0 saturated carbocycles. The molecule has 3 heteroatoms. The minimum absolute atomic E-state index is 0.0119. The molecule has 0 bridgehead atoms. The van der Waals surface area contributed by atoms with E-state index in [-0.39, 0.29) is 11.5 Å². The van der Waals surface area contributed by atoms with Crippen LogP contribution in [0.1, 0.15) is 32.4 Å². The molecule has 0 spiro atoms. The molecule has 0 amide bonds. The number of rotatable bonds is 1. The fraction of sp³-hybridized carbons (Fsp3) is 0.455.